The Hall–Kier alpha value is -1.33. The zero-order chi connectivity index (χ0) is 13.2. The van der Waals surface area contributed by atoms with Gasteiger partial charge in [0.05, 0.1) is 0 Å². The van der Waals surface area contributed by atoms with Crippen LogP contribution in [0, 0.1) is 0 Å². The predicted molar refractivity (Wildman–Crippen MR) is 85.3 cm³/mol. The maximum absolute atomic E-state index is 4.29. The number of halogens is 2. The Morgan fingerprint density at radius 2 is 2.11 bits per heavy atom. The fourth-order valence-electron chi connectivity index (χ4n) is 1.98. The van der Waals surface area contributed by atoms with Crippen molar-refractivity contribution in [1.82, 2.24) is 9.97 Å². The van der Waals surface area contributed by atoms with Crippen molar-refractivity contribution >= 4 is 48.6 Å². The van der Waals surface area contributed by atoms with Crippen LogP contribution >= 0.6 is 31.9 Å². The topological polar surface area (TPSA) is 40.7 Å². The minimum atomic E-state index is 0.751. The van der Waals surface area contributed by atoms with E-state index in [1.807, 2.05) is 24.4 Å². The SMILES string of the molecule is Brc1ccc(Br)c(NCc2c[nH]c3ncccc23)c1. The number of rotatable bonds is 3. The molecule has 0 unspecified atom stereocenters. The molecule has 3 nitrogen and oxygen atoms in total. The van der Waals surface area contributed by atoms with E-state index in [-0.39, 0.29) is 0 Å². The van der Waals surface area contributed by atoms with Gasteiger partial charge in [-0.25, -0.2) is 4.98 Å². The van der Waals surface area contributed by atoms with Crippen LogP contribution in [0.15, 0.2) is 51.7 Å². The summed E-state index contributed by atoms with van der Waals surface area (Å²) >= 11 is 7.02. The third-order valence-corrected chi connectivity index (χ3v) is 4.12. The van der Waals surface area contributed by atoms with Gasteiger partial charge in [0, 0.05) is 39.0 Å². The van der Waals surface area contributed by atoms with E-state index in [4.69, 9.17) is 0 Å². The lowest BCUT2D eigenvalue weighted by Gasteiger charge is -2.08. The summed E-state index contributed by atoms with van der Waals surface area (Å²) in [4.78, 5) is 7.47. The van der Waals surface area contributed by atoms with E-state index < -0.39 is 0 Å². The van der Waals surface area contributed by atoms with Gasteiger partial charge < -0.3 is 10.3 Å². The Bertz CT molecular complexity index is 722. The first-order valence-corrected chi connectivity index (χ1v) is 7.42. The van der Waals surface area contributed by atoms with Crippen LogP contribution in [0.25, 0.3) is 11.0 Å². The Morgan fingerprint density at radius 3 is 3.00 bits per heavy atom. The molecule has 0 aliphatic rings. The summed E-state index contributed by atoms with van der Waals surface area (Å²) in [5.74, 6) is 0. The standard InChI is InChI=1S/C14H11Br2N3/c15-10-3-4-12(16)13(6-10)18-7-9-8-19-14-11(9)2-1-5-17-14/h1-6,8,18H,7H2,(H,17,19). The lowest BCUT2D eigenvalue weighted by molar-refractivity contribution is 1.16. The highest BCUT2D eigenvalue weighted by molar-refractivity contribution is 9.11. The molecule has 2 heterocycles. The number of nitrogens with zero attached hydrogens (tertiary/aromatic N) is 1. The normalized spacial score (nSPS) is 10.8. The summed E-state index contributed by atoms with van der Waals surface area (Å²) in [5, 5.41) is 4.58. The third-order valence-electron chi connectivity index (χ3n) is 2.93. The molecule has 5 heteroatoms. The summed E-state index contributed by atoms with van der Waals surface area (Å²) in [7, 11) is 0. The molecule has 3 rings (SSSR count). The number of benzene rings is 1. The Labute approximate surface area is 127 Å². The molecule has 0 saturated carbocycles. The van der Waals surface area contributed by atoms with Gasteiger partial charge in [-0.1, -0.05) is 15.9 Å². The van der Waals surface area contributed by atoms with Gasteiger partial charge in [-0.05, 0) is 51.8 Å². The lowest BCUT2D eigenvalue weighted by atomic mass is 10.2. The molecule has 0 radical (unpaired) electrons. The summed E-state index contributed by atoms with van der Waals surface area (Å²) in [6, 6.07) is 10.1. The zero-order valence-electron chi connectivity index (χ0n) is 9.95. The first-order valence-electron chi connectivity index (χ1n) is 5.84. The maximum Gasteiger partial charge on any atom is 0.137 e. The average Bonchev–Trinajstić information content (AvgIpc) is 2.83. The zero-order valence-corrected chi connectivity index (χ0v) is 13.1. The number of H-pyrrole nitrogens is 1. The van der Waals surface area contributed by atoms with Crippen molar-refractivity contribution in [1.29, 1.82) is 0 Å². The molecular formula is C14H11Br2N3. The van der Waals surface area contributed by atoms with Gasteiger partial charge in [-0.15, -0.1) is 0 Å². The molecule has 0 aliphatic carbocycles. The molecule has 0 spiro atoms. The number of hydrogen-bond donors (Lipinski definition) is 2. The molecule has 96 valence electrons. The van der Waals surface area contributed by atoms with E-state index in [0.29, 0.717) is 0 Å². The molecular weight excluding hydrogens is 370 g/mol. The molecule has 2 N–H and O–H groups in total. The Balaban J connectivity index is 1.84. The summed E-state index contributed by atoms with van der Waals surface area (Å²) in [6.07, 6.45) is 3.79. The van der Waals surface area contributed by atoms with Crippen molar-refractivity contribution in [2.75, 3.05) is 5.32 Å². The van der Waals surface area contributed by atoms with Crippen molar-refractivity contribution < 1.29 is 0 Å². The highest BCUT2D eigenvalue weighted by atomic mass is 79.9. The highest BCUT2D eigenvalue weighted by Crippen LogP contribution is 2.27. The van der Waals surface area contributed by atoms with Crippen molar-refractivity contribution in [2.24, 2.45) is 0 Å². The van der Waals surface area contributed by atoms with Gasteiger partial charge in [0.25, 0.3) is 0 Å². The quantitative estimate of drug-likeness (QED) is 0.691. The maximum atomic E-state index is 4.29. The van der Waals surface area contributed by atoms with Crippen LogP contribution in [-0.2, 0) is 6.54 Å². The van der Waals surface area contributed by atoms with E-state index in [0.717, 1.165) is 32.2 Å². The second kappa shape index (κ2) is 5.35. The first-order chi connectivity index (χ1) is 9.24. The minimum absolute atomic E-state index is 0.751. The number of anilines is 1. The summed E-state index contributed by atoms with van der Waals surface area (Å²) in [5.41, 5.74) is 3.19. The average molecular weight is 381 g/mol. The van der Waals surface area contributed by atoms with Gasteiger partial charge in [0.2, 0.25) is 0 Å². The lowest BCUT2D eigenvalue weighted by Crippen LogP contribution is -1.99. The highest BCUT2D eigenvalue weighted by Gasteiger charge is 2.05. The fourth-order valence-corrected chi connectivity index (χ4v) is 2.73. The molecule has 19 heavy (non-hydrogen) atoms. The number of nitrogens with one attached hydrogen (secondary N) is 2. The van der Waals surface area contributed by atoms with Gasteiger partial charge in [-0.3, -0.25) is 0 Å². The molecule has 0 amide bonds. The van der Waals surface area contributed by atoms with Crippen LogP contribution in [0.4, 0.5) is 5.69 Å². The van der Waals surface area contributed by atoms with Crippen LogP contribution in [-0.4, -0.2) is 9.97 Å². The van der Waals surface area contributed by atoms with E-state index in [9.17, 15) is 0 Å². The molecule has 0 fully saturated rings. The van der Waals surface area contributed by atoms with Gasteiger partial charge in [-0.2, -0.15) is 0 Å². The number of aromatic nitrogens is 2. The van der Waals surface area contributed by atoms with Crippen LogP contribution < -0.4 is 5.32 Å². The third kappa shape index (κ3) is 2.67. The fraction of sp³-hybridized carbons (Fsp3) is 0.0714. The van der Waals surface area contributed by atoms with Gasteiger partial charge in [0.15, 0.2) is 0 Å². The summed E-state index contributed by atoms with van der Waals surface area (Å²) < 4.78 is 2.10. The van der Waals surface area contributed by atoms with E-state index in [2.05, 4.69) is 59.3 Å². The minimum Gasteiger partial charge on any atom is -0.380 e. The van der Waals surface area contributed by atoms with Crippen molar-refractivity contribution in [2.45, 2.75) is 6.54 Å². The smallest absolute Gasteiger partial charge is 0.137 e. The van der Waals surface area contributed by atoms with Crippen molar-refractivity contribution in [3.63, 3.8) is 0 Å². The molecule has 1 aromatic carbocycles. The number of aromatic amines is 1. The van der Waals surface area contributed by atoms with E-state index in [1.54, 1.807) is 6.20 Å². The largest absolute Gasteiger partial charge is 0.380 e. The molecule has 0 bridgehead atoms. The van der Waals surface area contributed by atoms with E-state index >= 15 is 0 Å². The molecule has 0 aliphatic heterocycles. The number of fused-ring (bicyclic) bond motifs is 1. The first kappa shape index (κ1) is 12.7. The van der Waals surface area contributed by atoms with Crippen LogP contribution in [0.1, 0.15) is 5.56 Å². The second-order valence-electron chi connectivity index (χ2n) is 4.19. The molecule has 0 saturated heterocycles. The van der Waals surface area contributed by atoms with Crippen LogP contribution in [0.3, 0.4) is 0 Å². The second-order valence-corrected chi connectivity index (χ2v) is 5.96. The molecule has 3 aromatic rings. The predicted octanol–water partition coefficient (Wildman–Crippen LogP) is 4.70. The van der Waals surface area contributed by atoms with Crippen LogP contribution in [0.2, 0.25) is 0 Å². The van der Waals surface area contributed by atoms with Gasteiger partial charge in [0.1, 0.15) is 5.65 Å². The van der Waals surface area contributed by atoms with E-state index in [1.165, 1.54) is 5.56 Å². The van der Waals surface area contributed by atoms with Crippen molar-refractivity contribution in [3.05, 3.63) is 57.2 Å². The Kier molecular flexibility index (Phi) is 3.57. The van der Waals surface area contributed by atoms with Crippen molar-refractivity contribution in [3.8, 4) is 0 Å². The Morgan fingerprint density at radius 1 is 1.21 bits per heavy atom. The summed E-state index contributed by atoms with van der Waals surface area (Å²) in [6.45, 7) is 0.751. The number of hydrogen-bond acceptors (Lipinski definition) is 2. The number of pyridine rings is 1. The van der Waals surface area contributed by atoms with Gasteiger partial charge >= 0.3 is 0 Å². The van der Waals surface area contributed by atoms with Crippen LogP contribution in [0.5, 0.6) is 0 Å². The monoisotopic (exact) mass is 379 g/mol. The molecule has 0 atom stereocenters. The molecule has 2 aromatic heterocycles.